The zero-order chi connectivity index (χ0) is 13.2. The molecule has 6 heteroatoms. The molecule has 0 bridgehead atoms. The van der Waals surface area contributed by atoms with Crippen molar-refractivity contribution in [3.05, 3.63) is 0 Å². The maximum atomic E-state index is 14.4. The van der Waals surface area contributed by atoms with Crippen molar-refractivity contribution < 1.29 is 14.0 Å². The van der Waals surface area contributed by atoms with E-state index in [4.69, 9.17) is 0 Å². The summed E-state index contributed by atoms with van der Waals surface area (Å²) in [6.07, 6.45) is 2.07. The van der Waals surface area contributed by atoms with Gasteiger partial charge in [-0.3, -0.25) is 4.79 Å². The third-order valence-corrected chi connectivity index (χ3v) is 3.49. The van der Waals surface area contributed by atoms with Gasteiger partial charge in [0.15, 0.2) is 5.67 Å². The zero-order valence-corrected chi connectivity index (χ0v) is 10.7. The van der Waals surface area contributed by atoms with E-state index in [1.165, 1.54) is 0 Å². The van der Waals surface area contributed by atoms with Crippen molar-refractivity contribution >= 4 is 11.9 Å². The molecular weight excluding hydrogens is 237 g/mol. The van der Waals surface area contributed by atoms with Crippen LogP contribution >= 0.6 is 0 Å². The summed E-state index contributed by atoms with van der Waals surface area (Å²) in [5.41, 5.74) is -1.80. The number of halogens is 1. The number of carbonyl (C=O) groups excluding carboxylic acids is 2. The van der Waals surface area contributed by atoms with Crippen LogP contribution in [-0.4, -0.2) is 48.2 Å². The van der Waals surface area contributed by atoms with Gasteiger partial charge in [0, 0.05) is 38.5 Å². The molecule has 0 spiro atoms. The molecule has 0 aromatic heterocycles. The first-order chi connectivity index (χ1) is 8.55. The second kappa shape index (κ2) is 5.12. The minimum Gasteiger partial charge on any atom is -0.351 e. The molecule has 5 nitrogen and oxygen atoms in total. The topological polar surface area (TPSA) is 61.4 Å². The number of alkyl halides is 1. The second-order valence-corrected chi connectivity index (χ2v) is 5.04. The van der Waals surface area contributed by atoms with Crippen LogP contribution in [0.2, 0.25) is 0 Å². The summed E-state index contributed by atoms with van der Waals surface area (Å²) in [5.74, 6) is -0.499. The molecule has 1 aliphatic heterocycles. The number of hydrogen-bond acceptors (Lipinski definition) is 2. The lowest BCUT2D eigenvalue weighted by molar-refractivity contribution is -0.135. The lowest BCUT2D eigenvalue weighted by Crippen LogP contribution is -2.54. The van der Waals surface area contributed by atoms with Crippen LogP contribution in [0, 0.1) is 0 Å². The molecule has 0 atom stereocenters. The van der Waals surface area contributed by atoms with Crippen LogP contribution in [-0.2, 0) is 4.79 Å². The zero-order valence-electron chi connectivity index (χ0n) is 10.7. The Morgan fingerprint density at radius 2 is 1.94 bits per heavy atom. The number of amides is 3. The fourth-order valence-corrected chi connectivity index (χ4v) is 2.10. The summed E-state index contributed by atoms with van der Waals surface area (Å²) in [6.45, 7) is 2.98. The van der Waals surface area contributed by atoms with E-state index in [-0.39, 0.29) is 24.9 Å². The highest BCUT2D eigenvalue weighted by Gasteiger charge is 2.44. The van der Waals surface area contributed by atoms with Gasteiger partial charge in [-0.15, -0.1) is 0 Å². The molecule has 0 aromatic rings. The van der Waals surface area contributed by atoms with Crippen LogP contribution in [0.1, 0.15) is 32.6 Å². The Morgan fingerprint density at radius 1 is 1.33 bits per heavy atom. The van der Waals surface area contributed by atoms with Crippen LogP contribution in [0.5, 0.6) is 0 Å². The Labute approximate surface area is 106 Å². The maximum Gasteiger partial charge on any atom is 0.317 e. The number of rotatable bonds is 3. The van der Waals surface area contributed by atoms with E-state index in [0.29, 0.717) is 19.6 Å². The van der Waals surface area contributed by atoms with Crippen LogP contribution in [0.25, 0.3) is 0 Å². The average Bonchev–Trinajstić information content (AvgIpc) is 3.14. The molecule has 2 aliphatic rings. The van der Waals surface area contributed by atoms with Gasteiger partial charge in [0.1, 0.15) is 0 Å². The standard InChI is InChI=1S/C12H20FN3O2/c1-2-14-11(18)16-7-5-12(13,6-8-16)10(17)15-9-3-4-9/h9H,2-8H2,1H3,(H,14,18)(H,15,17). The van der Waals surface area contributed by atoms with Crippen LogP contribution in [0.15, 0.2) is 0 Å². The van der Waals surface area contributed by atoms with Gasteiger partial charge in [-0.1, -0.05) is 0 Å². The second-order valence-electron chi connectivity index (χ2n) is 5.04. The molecule has 1 aliphatic carbocycles. The molecule has 18 heavy (non-hydrogen) atoms. The van der Waals surface area contributed by atoms with Gasteiger partial charge >= 0.3 is 6.03 Å². The van der Waals surface area contributed by atoms with Crippen LogP contribution < -0.4 is 10.6 Å². The van der Waals surface area contributed by atoms with Crippen molar-refractivity contribution in [1.82, 2.24) is 15.5 Å². The first kappa shape index (κ1) is 13.1. The smallest absolute Gasteiger partial charge is 0.317 e. The average molecular weight is 257 g/mol. The van der Waals surface area contributed by atoms with Gasteiger partial charge < -0.3 is 15.5 Å². The normalized spacial score (nSPS) is 22.4. The van der Waals surface area contributed by atoms with Gasteiger partial charge in [-0.25, -0.2) is 9.18 Å². The Bertz CT molecular complexity index is 336. The summed E-state index contributed by atoms with van der Waals surface area (Å²) < 4.78 is 14.4. The van der Waals surface area contributed by atoms with Crippen LogP contribution in [0.4, 0.5) is 9.18 Å². The molecule has 2 fully saturated rings. The highest BCUT2D eigenvalue weighted by Crippen LogP contribution is 2.29. The summed E-state index contributed by atoms with van der Waals surface area (Å²) >= 11 is 0. The van der Waals surface area contributed by atoms with Crippen molar-refractivity contribution in [2.24, 2.45) is 0 Å². The van der Waals surface area contributed by atoms with Gasteiger partial charge in [0.2, 0.25) is 0 Å². The predicted molar refractivity (Wildman–Crippen MR) is 64.9 cm³/mol. The van der Waals surface area contributed by atoms with Gasteiger partial charge in [-0.2, -0.15) is 0 Å². The number of carbonyl (C=O) groups is 2. The fourth-order valence-electron chi connectivity index (χ4n) is 2.10. The number of nitrogens with one attached hydrogen (secondary N) is 2. The Balaban J connectivity index is 1.83. The van der Waals surface area contributed by atoms with Crippen molar-refractivity contribution in [2.45, 2.75) is 44.3 Å². The van der Waals surface area contributed by atoms with Crippen molar-refractivity contribution in [3.63, 3.8) is 0 Å². The van der Waals surface area contributed by atoms with Gasteiger partial charge in [0.25, 0.3) is 5.91 Å². The molecule has 0 unspecified atom stereocenters. The molecule has 1 heterocycles. The van der Waals surface area contributed by atoms with Gasteiger partial charge in [0.05, 0.1) is 0 Å². The Morgan fingerprint density at radius 3 is 2.44 bits per heavy atom. The number of urea groups is 1. The minimum atomic E-state index is -1.80. The summed E-state index contributed by atoms with van der Waals surface area (Å²) in [6, 6.07) is -0.00584. The summed E-state index contributed by atoms with van der Waals surface area (Å²) in [5, 5.41) is 5.38. The molecular formula is C12H20FN3O2. The Hall–Kier alpha value is -1.33. The number of piperidine rings is 1. The summed E-state index contributed by atoms with van der Waals surface area (Å²) in [7, 11) is 0. The monoisotopic (exact) mass is 257 g/mol. The molecule has 1 saturated carbocycles. The van der Waals surface area contributed by atoms with E-state index < -0.39 is 11.6 Å². The van der Waals surface area contributed by atoms with E-state index >= 15 is 0 Å². The van der Waals surface area contributed by atoms with Crippen molar-refractivity contribution in [1.29, 1.82) is 0 Å². The first-order valence-electron chi connectivity index (χ1n) is 6.58. The van der Waals surface area contributed by atoms with Crippen LogP contribution in [0.3, 0.4) is 0 Å². The summed E-state index contributed by atoms with van der Waals surface area (Å²) in [4.78, 5) is 24.9. The molecule has 102 valence electrons. The lowest BCUT2D eigenvalue weighted by Gasteiger charge is -2.35. The first-order valence-corrected chi connectivity index (χ1v) is 6.58. The maximum absolute atomic E-state index is 14.4. The number of likely N-dealkylation sites (tertiary alicyclic amines) is 1. The minimum absolute atomic E-state index is 0.0860. The van der Waals surface area contributed by atoms with Gasteiger partial charge in [-0.05, 0) is 19.8 Å². The highest BCUT2D eigenvalue weighted by atomic mass is 19.1. The van der Waals surface area contributed by atoms with Crippen molar-refractivity contribution in [2.75, 3.05) is 19.6 Å². The molecule has 3 amide bonds. The molecule has 2 N–H and O–H groups in total. The quantitative estimate of drug-likeness (QED) is 0.785. The van der Waals surface area contributed by atoms with E-state index in [1.807, 2.05) is 6.92 Å². The third-order valence-electron chi connectivity index (χ3n) is 3.49. The lowest BCUT2D eigenvalue weighted by atomic mass is 9.92. The number of nitrogens with zero attached hydrogens (tertiary/aromatic N) is 1. The predicted octanol–water partition coefficient (Wildman–Crippen LogP) is 0.799. The largest absolute Gasteiger partial charge is 0.351 e. The highest BCUT2D eigenvalue weighted by molar-refractivity contribution is 5.86. The molecule has 1 saturated heterocycles. The molecule has 2 rings (SSSR count). The molecule has 0 radical (unpaired) electrons. The third kappa shape index (κ3) is 2.91. The SMILES string of the molecule is CCNC(=O)N1CCC(F)(C(=O)NC2CC2)CC1. The van der Waals surface area contributed by atoms with E-state index in [0.717, 1.165) is 12.8 Å². The number of hydrogen-bond donors (Lipinski definition) is 2. The van der Waals surface area contributed by atoms with E-state index in [2.05, 4.69) is 10.6 Å². The van der Waals surface area contributed by atoms with E-state index in [1.54, 1.807) is 4.90 Å². The Kier molecular flexibility index (Phi) is 3.73. The fraction of sp³-hybridized carbons (Fsp3) is 0.833. The van der Waals surface area contributed by atoms with E-state index in [9.17, 15) is 14.0 Å². The van der Waals surface area contributed by atoms with Crippen molar-refractivity contribution in [3.8, 4) is 0 Å². The molecule has 0 aromatic carbocycles.